The second-order valence-corrected chi connectivity index (χ2v) is 6.02. The van der Waals surface area contributed by atoms with Gasteiger partial charge in [0.1, 0.15) is 5.82 Å². The number of rotatable bonds is 2. The summed E-state index contributed by atoms with van der Waals surface area (Å²) in [4.78, 5) is 24.5. The third-order valence-electron chi connectivity index (χ3n) is 3.06. The molecule has 0 fully saturated rings. The Labute approximate surface area is 135 Å². The number of hydrogen-bond donors (Lipinski definition) is 2. The molecular formula is C15H10ClFN2O2S. The zero-order valence-electron chi connectivity index (χ0n) is 11.2. The van der Waals surface area contributed by atoms with Gasteiger partial charge in [-0.2, -0.15) is 0 Å². The highest BCUT2D eigenvalue weighted by atomic mass is 35.5. The number of fused-ring (bicyclic) bond motifs is 1. The molecule has 3 rings (SSSR count). The van der Waals surface area contributed by atoms with Crippen LogP contribution in [0.3, 0.4) is 0 Å². The lowest BCUT2D eigenvalue weighted by molar-refractivity contribution is -0.113. The average molecular weight is 337 g/mol. The molecule has 0 aromatic heterocycles. The molecule has 2 N–H and O–H groups in total. The van der Waals surface area contributed by atoms with E-state index < -0.39 is 11.7 Å². The Bertz CT molecular complexity index is 762. The summed E-state index contributed by atoms with van der Waals surface area (Å²) in [5, 5.41) is 5.35. The largest absolute Gasteiger partial charge is 0.324 e. The Kier molecular flexibility index (Phi) is 4.04. The standard InChI is InChI=1S/C15H10ClFN2O2S/c16-9-2-1-3-10(17)14(9)15(21)18-8-4-5-12-11(6-8)19-13(20)7-22-12/h1-6H,7H2,(H,18,21)(H,19,20). The molecule has 22 heavy (non-hydrogen) atoms. The predicted octanol–water partition coefficient (Wildman–Crippen LogP) is 3.78. The molecule has 1 heterocycles. The van der Waals surface area contributed by atoms with E-state index in [1.807, 2.05) is 0 Å². The van der Waals surface area contributed by atoms with E-state index in [4.69, 9.17) is 11.6 Å². The number of benzene rings is 2. The van der Waals surface area contributed by atoms with Gasteiger partial charge in [0.05, 0.1) is 22.0 Å². The molecule has 0 saturated carbocycles. The van der Waals surface area contributed by atoms with Crippen molar-refractivity contribution in [3.8, 4) is 0 Å². The Morgan fingerprint density at radius 2 is 2.14 bits per heavy atom. The molecule has 0 atom stereocenters. The second-order valence-electron chi connectivity index (χ2n) is 4.60. The monoisotopic (exact) mass is 336 g/mol. The van der Waals surface area contributed by atoms with Crippen LogP contribution in [0.5, 0.6) is 0 Å². The second kappa shape index (κ2) is 5.98. The van der Waals surface area contributed by atoms with E-state index in [1.54, 1.807) is 18.2 Å². The van der Waals surface area contributed by atoms with Gasteiger partial charge in [-0.15, -0.1) is 11.8 Å². The van der Waals surface area contributed by atoms with Gasteiger partial charge in [0.2, 0.25) is 5.91 Å². The van der Waals surface area contributed by atoms with Crippen molar-refractivity contribution in [2.24, 2.45) is 0 Å². The first kappa shape index (κ1) is 14.9. The minimum absolute atomic E-state index is 0.0410. The highest BCUT2D eigenvalue weighted by Gasteiger charge is 2.18. The van der Waals surface area contributed by atoms with Gasteiger partial charge in [0.25, 0.3) is 5.91 Å². The van der Waals surface area contributed by atoms with E-state index in [0.717, 1.165) is 4.90 Å². The highest BCUT2D eigenvalue weighted by Crippen LogP contribution is 2.33. The maximum Gasteiger partial charge on any atom is 0.260 e. The molecule has 2 amide bonds. The van der Waals surface area contributed by atoms with Crippen LogP contribution < -0.4 is 10.6 Å². The van der Waals surface area contributed by atoms with E-state index >= 15 is 0 Å². The number of carbonyl (C=O) groups excluding carboxylic acids is 2. The van der Waals surface area contributed by atoms with Crippen molar-refractivity contribution < 1.29 is 14.0 Å². The van der Waals surface area contributed by atoms with Crippen LogP contribution in [-0.2, 0) is 4.79 Å². The SMILES string of the molecule is O=C1CSc2ccc(NC(=O)c3c(F)cccc3Cl)cc2N1. The third-order valence-corrected chi connectivity index (χ3v) is 4.45. The number of amides is 2. The maximum absolute atomic E-state index is 13.7. The molecule has 0 bridgehead atoms. The van der Waals surface area contributed by atoms with Gasteiger partial charge in [0.15, 0.2) is 0 Å². The summed E-state index contributed by atoms with van der Waals surface area (Å²) in [7, 11) is 0. The summed E-state index contributed by atoms with van der Waals surface area (Å²) in [5.41, 5.74) is 0.866. The molecule has 0 saturated heterocycles. The summed E-state index contributed by atoms with van der Waals surface area (Å²) < 4.78 is 13.7. The Balaban J connectivity index is 1.86. The molecule has 112 valence electrons. The van der Waals surface area contributed by atoms with Crippen LogP contribution in [0, 0.1) is 5.82 Å². The van der Waals surface area contributed by atoms with Crippen molar-refractivity contribution in [1.29, 1.82) is 0 Å². The third kappa shape index (κ3) is 2.93. The van der Waals surface area contributed by atoms with Crippen molar-refractivity contribution >= 4 is 46.6 Å². The van der Waals surface area contributed by atoms with Gasteiger partial charge in [-0.05, 0) is 30.3 Å². The highest BCUT2D eigenvalue weighted by molar-refractivity contribution is 8.00. The lowest BCUT2D eigenvalue weighted by atomic mass is 10.2. The van der Waals surface area contributed by atoms with E-state index in [2.05, 4.69) is 10.6 Å². The van der Waals surface area contributed by atoms with Gasteiger partial charge in [-0.1, -0.05) is 17.7 Å². The smallest absolute Gasteiger partial charge is 0.260 e. The van der Waals surface area contributed by atoms with Gasteiger partial charge >= 0.3 is 0 Å². The molecule has 0 spiro atoms. The van der Waals surface area contributed by atoms with Crippen LogP contribution in [0.25, 0.3) is 0 Å². The van der Waals surface area contributed by atoms with Crippen LogP contribution >= 0.6 is 23.4 Å². The maximum atomic E-state index is 13.7. The van der Waals surface area contributed by atoms with E-state index in [0.29, 0.717) is 17.1 Å². The number of carbonyl (C=O) groups is 2. The molecule has 4 nitrogen and oxygen atoms in total. The zero-order valence-corrected chi connectivity index (χ0v) is 12.7. The summed E-state index contributed by atoms with van der Waals surface area (Å²) in [6, 6.07) is 9.16. The summed E-state index contributed by atoms with van der Waals surface area (Å²) >= 11 is 7.28. The van der Waals surface area contributed by atoms with Crippen molar-refractivity contribution in [3.63, 3.8) is 0 Å². The minimum atomic E-state index is -0.688. The summed E-state index contributed by atoms with van der Waals surface area (Å²) in [6.45, 7) is 0. The molecule has 0 unspecified atom stereocenters. The first-order valence-electron chi connectivity index (χ1n) is 6.36. The number of anilines is 2. The number of halogens is 2. The van der Waals surface area contributed by atoms with Crippen molar-refractivity contribution in [2.75, 3.05) is 16.4 Å². The van der Waals surface area contributed by atoms with E-state index in [-0.39, 0.29) is 16.5 Å². The Morgan fingerprint density at radius 3 is 2.91 bits per heavy atom. The summed E-state index contributed by atoms with van der Waals surface area (Å²) in [5.74, 6) is -1.06. The van der Waals surface area contributed by atoms with Crippen molar-refractivity contribution in [1.82, 2.24) is 0 Å². The van der Waals surface area contributed by atoms with Crippen LogP contribution in [0.2, 0.25) is 5.02 Å². The van der Waals surface area contributed by atoms with Crippen LogP contribution in [0.1, 0.15) is 10.4 Å². The first-order valence-corrected chi connectivity index (χ1v) is 7.73. The minimum Gasteiger partial charge on any atom is -0.324 e. The fourth-order valence-electron chi connectivity index (χ4n) is 2.07. The molecule has 7 heteroatoms. The summed E-state index contributed by atoms with van der Waals surface area (Å²) in [6.07, 6.45) is 0. The normalized spacial score (nSPS) is 13.3. The Hall–Kier alpha value is -2.05. The zero-order chi connectivity index (χ0) is 15.7. The predicted molar refractivity (Wildman–Crippen MR) is 85.2 cm³/mol. The molecule has 1 aliphatic rings. The number of thioether (sulfide) groups is 1. The fourth-order valence-corrected chi connectivity index (χ4v) is 3.11. The average Bonchev–Trinajstić information content (AvgIpc) is 2.46. The molecular weight excluding hydrogens is 327 g/mol. The molecule has 2 aromatic rings. The van der Waals surface area contributed by atoms with Crippen molar-refractivity contribution in [2.45, 2.75) is 4.90 Å². The fraction of sp³-hybridized carbons (Fsp3) is 0.0667. The van der Waals surface area contributed by atoms with Crippen LogP contribution in [-0.4, -0.2) is 17.6 Å². The van der Waals surface area contributed by atoms with Crippen LogP contribution in [0.15, 0.2) is 41.3 Å². The van der Waals surface area contributed by atoms with Gasteiger partial charge < -0.3 is 10.6 Å². The van der Waals surface area contributed by atoms with Gasteiger partial charge in [-0.25, -0.2) is 4.39 Å². The van der Waals surface area contributed by atoms with Crippen molar-refractivity contribution in [3.05, 3.63) is 52.8 Å². The van der Waals surface area contributed by atoms with Crippen LogP contribution in [0.4, 0.5) is 15.8 Å². The van der Waals surface area contributed by atoms with E-state index in [1.165, 1.54) is 30.0 Å². The van der Waals surface area contributed by atoms with E-state index in [9.17, 15) is 14.0 Å². The Morgan fingerprint density at radius 1 is 1.32 bits per heavy atom. The number of nitrogens with one attached hydrogen (secondary N) is 2. The molecule has 1 aliphatic heterocycles. The lowest BCUT2D eigenvalue weighted by Crippen LogP contribution is -2.19. The lowest BCUT2D eigenvalue weighted by Gasteiger charge is -2.17. The number of hydrogen-bond acceptors (Lipinski definition) is 3. The van der Waals surface area contributed by atoms with Gasteiger partial charge in [-0.3, -0.25) is 9.59 Å². The quantitative estimate of drug-likeness (QED) is 0.877. The first-order chi connectivity index (χ1) is 10.5. The molecule has 0 radical (unpaired) electrons. The molecule has 0 aliphatic carbocycles. The molecule has 2 aromatic carbocycles. The van der Waals surface area contributed by atoms with Gasteiger partial charge in [0, 0.05) is 10.6 Å². The topological polar surface area (TPSA) is 58.2 Å².